The van der Waals surface area contributed by atoms with Crippen molar-refractivity contribution in [2.24, 2.45) is 0 Å². The average Bonchev–Trinajstić information content (AvgIpc) is 2.35. The van der Waals surface area contributed by atoms with E-state index in [4.69, 9.17) is 0 Å². The van der Waals surface area contributed by atoms with Crippen molar-refractivity contribution < 1.29 is 8.42 Å². The molecule has 0 saturated heterocycles. The van der Waals surface area contributed by atoms with Crippen LogP contribution < -0.4 is 10.0 Å². The Bertz CT molecular complexity index is 507. The quantitative estimate of drug-likeness (QED) is 0.774. The zero-order valence-electron chi connectivity index (χ0n) is 12.9. The third-order valence-electron chi connectivity index (χ3n) is 3.18. The van der Waals surface area contributed by atoms with Gasteiger partial charge in [0.05, 0.1) is 4.90 Å². The normalized spacial score (nSPS) is 12.6. The van der Waals surface area contributed by atoms with Crippen LogP contribution in [-0.2, 0) is 16.4 Å². The summed E-state index contributed by atoms with van der Waals surface area (Å²) in [7, 11) is -1.54. The standard InChI is InChI=1S/C15H26N2O2S/c1-5-11-15(2,3)17-20(18,19)14-8-6-13(7-9-14)10-12-16-4/h6-9,16-17H,5,10-12H2,1-4H3. The number of nitrogens with one attached hydrogen (secondary N) is 2. The molecule has 0 radical (unpaired) electrons. The molecule has 0 spiro atoms. The maximum Gasteiger partial charge on any atom is 0.241 e. The Morgan fingerprint density at radius 2 is 1.75 bits per heavy atom. The van der Waals surface area contributed by atoms with Crippen LogP contribution in [0.1, 0.15) is 39.2 Å². The first-order valence-electron chi connectivity index (χ1n) is 7.08. The molecule has 1 rings (SSSR count). The fraction of sp³-hybridized carbons (Fsp3) is 0.600. The smallest absolute Gasteiger partial charge is 0.241 e. The summed E-state index contributed by atoms with van der Waals surface area (Å²) in [5, 5.41) is 3.08. The van der Waals surface area contributed by atoms with Crippen molar-refractivity contribution in [2.45, 2.75) is 50.5 Å². The van der Waals surface area contributed by atoms with E-state index in [1.165, 1.54) is 0 Å². The van der Waals surface area contributed by atoms with Gasteiger partial charge in [-0.3, -0.25) is 0 Å². The molecule has 1 aromatic rings. The second-order valence-corrected chi connectivity index (χ2v) is 7.42. The molecule has 20 heavy (non-hydrogen) atoms. The second-order valence-electron chi connectivity index (χ2n) is 5.74. The van der Waals surface area contributed by atoms with Gasteiger partial charge in [-0.05, 0) is 58.0 Å². The van der Waals surface area contributed by atoms with E-state index in [2.05, 4.69) is 10.0 Å². The molecule has 0 fully saturated rings. The highest BCUT2D eigenvalue weighted by Gasteiger charge is 2.25. The van der Waals surface area contributed by atoms with Gasteiger partial charge in [0.15, 0.2) is 0 Å². The van der Waals surface area contributed by atoms with Crippen molar-refractivity contribution >= 4 is 10.0 Å². The SMILES string of the molecule is CCCC(C)(C)NS(=O)(=O)c1ccc(CCNC)cc1. The molecule has 0 heterocycles. The first-order chi connectivity index (χ1) is 9.30. The lowest BCUT2D eigenvalue weighted by Gasteiger charge is -2.25. The molecule has 0 amide bonds. The van der Waals surface area contributed by atoms with E-state index < -0.39 is 15.6 Å². The molecule has 1 aromatic carbocycles. The van der Waals surface area contributed by atoms with Gasteiger partial charge in [0, 0.05) is 5.54 Å². The molecule has 0 aliphatic rings. The van der Waals surface area contributed by atoms with Crippen LogP contribution in [0.3, 0.4) is 0 Å². The summed E-state index contributed by atoms with van der Waals surface area (Å²) >= 11 is 0. The van der Waals surface area contributed by atoms with Crippen molar-refractivity contribution in [3.63, 3.8) is 0 Å². The van der Waals surface area contributed by atoms with Gasteiger partial charge < -0.3 is 5.32 Å². The summed E-state index contributed by atoms with van der Waals surface area (Å²) < 4.78 is 27.4. The molecule has 0 saturated carbocycles. The van der Waals surface area contributed by atoms with Gasteiger partial charge in [-0.2, -0.15) is 0 Å². The minimum atomic E-state index is -3.44. The molecule has 4 nitrogen and oxygen atoms in total. The predicted octanol–water partition coefficient (Wildman–Crippen LogP) is 2.31. The van der Waals surface area contributed by atoms with E-state index >= 15 is 0 Å². The minimum Gasteiger partial charge on any atom is -0.319 e. The third kappa shape index (κ3) is 5.23. The summed E-state index contributed by atoms with van der Waals surface area (Å²) in [5.41, 5.74) is 0.712. The molecule has 0 unspecified atom stereocenters. The monoisotopic (exact) mass is 298 g/mol. The van der Waals surface area contributed by atoms with Crippen molar-refractivity contribution in [3.8, 4) is 0 Å². The molecule has 0 bridgehead atoms. The first-order valence-corrected chi connectivity index (χ1v) is 8.56. The van der Waals surface area contributed by atoms with Gasteiger partial charge in [-0.1, -0.05) is 25.5 Å². The molecule has 0 aromatic heterocycles. The van der Waals surface area contributed by atoms with Crippen LogP contribution in [0.25, 0.3) is 0 Å². The van der Waals surface area contributed by atoms with E-state index in [-0.39, 0.29) is 0 Å². The maximum absolute atomic E-state index is 12.3. The molecule has 0 aliphatic carbocycles. The third-order valence-corrected chi connectivity index (χ3v) is 4.90. The number of sulfonamides is 1. The number of hydrogen-bond donors (Lipinski definition) is 2. The molecule has 2 N–H and O–H groups in total. The van der Waals surface area contributed by atoms with Gasteiger partial charge in [-0.15, -0.1) is 0 Å². The summed E-state index contributed by atoms with van der Waals surface area (Å²) in [4.78, 5) is 0.329. The first kappa shape index (κ1) is 17.1. The van der Waals surface area contributed by atoms with Crippen LogP contribution in [0.2, 0.25) is 0 Å². The Hall–Kier alpha value is -0.910. The Balaban J connectivity index is 2.82. The van der Waals surface area contributed by atoms with Crippen LogP contribution in [0.5, 0.6) is 0 Å². The molecule has 0 aliphatic heterocycles. The Morgan fingerprint density at radius 3 is 2.25 bits per heavy atom. The lowest BCUT2D eigenvalue weighted by atomic mass is 10.0. The number of likely N-dealkylation sites (N-methyl/N-ethyl adjacent to an activating group) is 1. The van der Waals surface area contributed by atoms with Crippen LogP contribution in [-0.4, -0.2) is 27.5 Å². The summed E-state index contributed by atoms with van der Waals surface area (Å²) in [5.74, 6) is 0. The minimum absolute atomic E-state index is 0.329. The Kier molecular flexibility index (Phi) is 6.17. The van der Waals surface area contributed by atoms with Gasteiger partial charge in [0.1, 0.15) is 0 Å². The van der Waals surface area contributed by atoms with E-state index in [0.29, 0.717) is 4.90 Å². The molecule has 0 atom stereocenters. The van der Waals surface area contributed by atoms with Crippen LogP contribution in [0.15, 0.2) is 29.2 Å². The number of rotatable bonds is 8. The molecular formula is C15H26N2O2S. The number of hydrogen-bond acceptors (Lipinski definition) is 3. The van der Waals surface area contributed by atoms with E-state index in [1.807, 2.05) is 40.0 Å². The average molecular weight is 298 g/mol. The highest BCUT2D eigenvalue weighted by atomic mass is 32.2. The highest BCUT2D eigenvalue weighted by molar-refractivity contribution is 7.89. The maximum atomic E-state index is 12.3. The largest absolute Gasteiger partial charge is 0.319 e. The second kappa shape index (κ2) is 7.20. The van der Waals surface area contributed by atoms with Gasteiger partial charge in [0.25, 0.3) is 0 Å². The molecule has 114 valence electrons. The van der Waals surface area contributed by atoms with E-state index in [0.717, 1.165) is 31.4 Å². The summed E-state index contributed by atoms with van der Waals surface area (Å²) in [6, 6.07) is 7.10. The van der Waals surface area contributed by atoms with Crippen LogP contribution in [0.4, 0.5) is 0 Å². The molecule has 5 heteroatoms. The van der Waals surface area contributed by atoms with E-state index in [9.17, 15) is 8.42 Å². The predicted molar refractivity (Wildman–Crippen MR) is 83.4 cm³/mol. The number of benzene rings is 1. The van der Waals surface area contributed by atoms with Gasteiger partial charge in [0.2, 0.25) is 10.0 Å². The fourth-order valence-electron chi connectivity index (χ4n) is 2.20. The van der Waals surface area contributed by atoms with Crippen LogP contribution in [0, 0.1) is 0 Å². The lowest BCUT2D eigenvalue weighted by Crippen LogP contribution is -2.43. The fourth-order valence-corrected chi connectivity index (χ4v) is 3.65. The van der Waals surface area contributed by atoms with Gasteiger partial charge >= 0.3 is 0 Å². The summed E-state index contributed by atoms with van der Waals surface area (Å²) in [6.07, 6.45) is 2.65. The zero-order chi connectivity index (χ0) is 15.2. The topological polar surface area (TPSA) is 58.2 Å². The Labute approximate surface area is 123 Å². The van der Waals surface area contributed by atoms with Gasteiger partial charge in [-0.25, -0.2) is 13.1 Å². The zero-order valence-corrected chi connectivity index (χ0v) is 13.7. The van der Waals surface area contributed by atoms with Crippen molar-refractivity contribution in [1.29, 1.82) is 0 Å². The van der Waals surface area contributed by atoms with Crippen molar-refractivity contribution in [2.75, 3.05) is 13.6 Å². The molecular weight excluding hydrogens is 272 g/mol. The van der Waals surface area contributed by atoms with E-state index in [1.54, 1.807) is 12.1 Å². The lowest BCUT2D eigenvalue weighted by molar-refractivity contribution is 0.418. The van der Waals surface area contributed by atoms with Crippen LogP contribution >= 0.6 is 0 Å². The van der Waals surface area contributed by atoms with Crippen molar-refractivity contribution in [3.05, 3.63) is 29.8 Å². The summed E-state index contributed by atoms with van der Waals surface area (Å²) in [6.45, 7) is 6.76. The highest BCUT2D eigenvalue weighted by Crippen LogP contribution is 2.17. The Morgan fingerprint density at radius 1 is 1.15 bits per heavy atom. The van der Waals surface area contributed by atoms with Crippen molar-refractivity contribution in [1.82, 2.24) is 10.0 Å².